The Kier molecular flexibility index (Phi) is 8.88. The number of pyridine rings is 1. The van der Waals surface area contributed by atoms with Gasteiger partial charge in [-0.05, 0) is 49.1 Å². The number of ether oxygens (including phenoxy) is 1. The Hall–Kier alpha value is -3.38. The third-order valence-electron chi connectivity index (χ3n) is 5.78. The van der Waals surface area contributed by atoms with Crippen LogP contribution in [0, 0.1) is 5.92 Å². The number of aromatic nitrogens is 1. The van der Waals surface area contributed by atoms with E-state index in [1.54, 1.807) is 11.1 Å². The number of aryl methyl sites for hydroxylation is 1. The molecule has 2 aromatic rings. The van der Waals surface area contributed by atoms with Gasteiger partial charge in [-0.25, -0.2) is 10.5 Å². The Balaban J connectivity index is 1.58. The molecule has 2 amide bonds. The zero-order valence-electron chi connectivity index (χ0n) is 18.8. The highest BCUT2D eigenvalue weighted by molar-refractivity contribution is 5.88. The summed E-state index contributed by atoms with van der Waals surface area (Å²) in [6.07, 6.45) is -3.93. The van der Waals surface area contributed by atoms with E-state index in [0.29, 0.717) is 44.6 Å². The van der Waals surface area contributed by atoms with Crippen LogP contribution in [-0.4, -0.2) is 70.7 Å². The fourth-order valence-corrected chi connectivity index (χ4v) is 3.98. The number of hydrogen-bond donors (Lipinski definition) is 3. The van der Waals surface area contributed by atoms with Gasteiger partial charge in [0.1, 0.15) is 17.7 Å². The molecule has 2 atom stereocenters. The summed E-state index contributed by atoms with van der Waals surface area (Å²) in [5, 5.41) is 19.3. The molecule has 35 heavy (non-hydrogen) atoms. The monoisotopic (exact) mass is 496 g/mol. The molecule has 1 saturated heterocycles. The Morgan fingerprint density at radius 2 is 1.77 bits per heavy atom. The van der Waals surface area contributed by atoms with Gasteiger partial charge in [-0.1, -0.05) is 18.2 Å². The molecular weight excluding hydrogens is 469 g/mol. The van der Waals surface area contributed by atoms with Gasteiger partial charge in [-0.15, -0.1) is 13.2 Å². The minimum atomic E-state index is -4.78. The second-order valence-corrected chi connectivity index (χ2v) is 8.11. The number of aliphatic hydroxyl groups excluding tert-OH is 1. The lowest BCUT2D eigenvalue weighted by Gasteiger charge is -2.37. The van der Waals surface area contributed by atoms with Gasteiger partial charge in [0.05, 0.1) is 5.92 Å². The topological polar surface area (TPSA) is 115 Å². The number of hydrogen-bond acceptors (Lipinski definition) is 7. The number of rotatable bonds is 9. The van der Waals surface area contributed by atoms with Crippen LogP contribution in [0.15, 0.2) is 48.7 Å². The summed E-state index contributed by atoms with van der Waals surface area (Å²) in [7, 11) is 0. The third-order valence-corrected chi connectivity index (χ3v) is 5.78. The molecular formula is C23H27F3N4O5. The smallest absolute Gasteiger partial charge is 0.406 e. The van der Waals surface area contributed by atoms with Gasteiger partial charge in [-0.2, -0.15) is 0 Å². The van der Waals surface area contributed by atoms with E-state index in [1.807, 2.05) is 23.1 Å². The van der Waals surface area contributed by atoms with Crippen molar-refractivity contribution in [2.45, 2.75) is 31.7 Å². The summed E-state index contributed by atoms with van der Waals surface area (Å²) in [6.45, 7) is 1.81. The van der Waals surface area contributed by atoms with E-state index in [1.165, 1.54) is 29.7 Å². The Bertz CT molecular complexity index is 967. The second kappa shape index (κ2) is 11.8. The number of piperazine rings is 1. The minimum Gasteiger partial charge on any atom is -0.406 e. The second-order valence-electron chi connectivity index (χ2n) is 8.11. The number of aliphatic hydroxyl groups is 1. The standard InChI is InChI=1S/C23H27F3N4O5/c24-23(25,26)35-17-9-7-16(8-10-17)4-3-5-18(20(31)21(32)28-34)22(33)30-14-12-29(13-15-30)19-6-1-2-11-27-19/h1-2,6-11,18,20,31,34H,3-5,12-15H2,(H,28,32)/t18?,20-/m0/s1. The molecule has 3 rings (SSSR count). The van der Waals surface area contributed by atoms with Crippen molar-refractivity contribution in [3.8, 4) is 5.75 Å². The molecule has 1 aromatic heterocycles. The van der Waals surface area contributed by atoms with Gasteiger partial charge in [0, 0.05) is 32.4 Å². The van der Waals surface area contributed by atoms with Gasteiger partial charge < -0.3 is 19.6 Å². The molecule has 0 saturated carbocycles. The molecule has 2 heterocycles. The Labute approximate surface area is 200 Å². The molecule has 1 aliphatic rings. The maximum Gasteiger partial charge on any atom is 0.573 e. The first-order valence-corrected chi connectivity index (χ1v) is 11.1. The molecule has 3 N–H and O–H groups in total. The lowest BCUT2D eigenvalue weighted by atomic mass is 9.92. The van der Waals surface area contributed by atoms with E-state index in [4.69, 9.17) is 5.21 Å². The Morgan fingerprint density at radius 3 is 2.34 bits per heavy atom. The summed E-state index contributed by atoms with van der Waals surface area (Å²) in [4.78, 5) is 32.9. The van der Waals surface area contributed by atoms with Crippen LogP contribution in [0.25, 0.3) is 0 Å². The van der Waals surface area contributed by atoms with Crippen LogP contribution in [0.5, 0.6) is 5.75 Å². The van der Waals surface area contributed by atoms with E-state index in [9.17, 15) is 27.9 Å². The quantitative estimate of drug-likeness (QED) is 0.360. The lowest BCUT2D eigenvalue weighted by molar-refractivity contribution is -0.274. The zero-order valence-corrected chi connectivity index (χ0v) is 18.8. The molecule has 190 valence electrons. The average molecular weight is 496 g/mol. The summed E-state index contributed by atoms with van der Waals surface area (Å²) in [6, 6.07) is 10.9. The molecule has 0 spiro atoms. The van der Waals surface area contributed by atoms with Crippen molar-refractivity contribution < 1.29 is 37.8 Å². The first-order valence-electron chi connectivity index (χ1n) is 11.1. The van der Waals surface area contributed by atoms with Gasteiger partial charge in [0.15, 0.2) is 0 Å². The van der Waals surface area contributed by atoms with Crippen LogP contribution in [0.2, 0.25) is 0 Å². The molecule has 9 nitrogen and oxygen atoms in total. The van der Waals surface area contributed by atoms with Gasteiger partial charge in [-0.3, -0.25) is 14.8 Å². The van der Waals surface area contributed by atoms with Crippen LogP contribution in [-0.2, 0) is 16.0 Å². The first kappa shape index (κ1) is 26.2. The van der Waals surface area contributed by atoms with Crippen LogP contribution in [0.4, 0.5) is 19.0 Å². The van der Waals surface area contributed by atoms with E-state index in [-0.39, 0.29) is 12.2 Å². The van der Waals surface area contributed by atoms with Crippen molar-refractivity contribution >= 4 is 17.6 Å². The maximum absolute atomic E-state index is 13.2. The maximum atomic E-state index is 13.2. The Morgan fingerprint density at radius 1 is 1.09 bits per heavy atom. The summed E-state index contributed by atoms with van der Waals surface area (Å²) < 4.78 is 40.8. The van der Waals surface area contributed by atoms with E-state index < -0.39 is 30.2 Å². The molecule has 0 aliphatic carbocycles. The number of amides is 2. The normalized spacial score (nSPS) is 15.9. The van der Waals surface area contributed by atoms with Gasteiger partial charge in [0.25, 0.3) is 5.91 Å². The summed E-state index contributed by atoms with van der Waals surface area (Å²) in [5.74, 6) is -2.12. The number of nitrogens with zero attached hydrogens (tertiary/aromatic N) is 3. The predicted octanol–water partition coefficient (Wildman–Crippen LogP) is 2.13. The molecule has 1 unspecified atom stereocenters. The van der Waals surface area contributed by atoms with E-state index >= 15 is 0 Å². The number of anilines is 1. The fraction of sp³-hybridized carbons (Fsp3) is 0.435. The highest BCUT2D eigenvalue weighted by atomic mass is 19.4. The number of benzene rings is 1. The number of alkyl halides is 3. The van der Waals surface area contributed by atoms with Crippen LogP contribution in [0.1, 0.15) is 18.4 Å². The molecule has 12 heteroatoms. The predicted molar refractivity (Wildman–Crippen MR) is 119 cm³/mol. The van der Waals surface area contributed by atoms with Crippen molar-refractivity contribution in [1.29, 1.82) is 0 Å². The van der Waals surface area contributed by atoms with E-state index in [0.717, 1.165) is 5.82 Å². The number of nitrogens with one attached hydrogen (secondary N) is 1. The van der Waals surface area contributed by atoms with Crippen LogP contribution < -0.4 is 15.1 Å². The first-order chi connectivity index (χ1) is 16.7. The number of hydroxylamine groups is 1. The van der Waals surface area contributed by atoms with Gasteiger partial charge in [0.2, 0.25) is 5.91 Å². The number of halogens is 3. The summed E-state index contributed by atoms with van der Waals surface area (Å²) >= 11 is 0. The zero-order chi connectivity index (χ0) is 25.4. The largest absolute Gasteiger partial charge is 0.573 e. The third kappa shape index (κ3) is 7.55. The molecule has 0 radical (unpaired) electrons. The minimum absolute atomic E-state index is 0.134. The number of carbonyl (C=O) groups excluding carboxylic acids is 2. The molecule has 1 aliphatic heterocycles. The van der Waals surface area contributed by atoms with Crippen molar-refractivity contribution in [2.24, 2.45) is 5.92 Å². The summed E-state index contributed by atoms with van der Waals surface area (Å²) in [5.41, 5.74) is 2.09. The highest BCUT2D eigenvalue weighted by Crippen LogP contribution is 2.24. The van der Waals surface area contributed by atoms with Crippen molar-refractivity contribution in [3.63, 3.8) is 0 Å². The fourth-order valence-electron chi connectivity index (χ4n) is 3.98. The highest BCUT2D eigenvalue weighted by Gasteiger charge is 2.36. The van der Waals surface area contributed by atoms with Crippen LogP contribution in [0.3, 0.4) is 0 Å². The molecule has 0 bridgehead atoms. The number of carbonyl (C=O) groups is 2. The molecule has 1 fully saturated rings. The van der Waals surface area contributed by atoms with Gasteiger partial charge >= 0.3 is 6.36 Å². The lowest BCUT2D eigenvalue weighted by Crippen LogP contribution is -2.53. The van der Waals surface area contributed by atoms with E-state index in [2.05, 4.69) is 9.72 Å². The SMILES string of the molecule is O=C(NO)[C@@H](O)C(CCCc1ccc(OC(F)(F)F)cc1)C(=O)N1CCN(c2ccccn2)CC1. The molecule has 1 aromatic carbocycles. The van der Waals surface area contributed by atoms with Crippen molar-refractivity contribution in [3.05, 3.63) is 54.2 Å². The van der Waals surface area contributed by atoms with Crippen molar-refractivity contribution in [1.82, 2.24) is 15.4 Å². The average Bonchev–Trinajstić information content (AvgIpc) is 2.86. The van der Waals surface area contributed by atoms with Crippen molar-refractivity contribution in [2.75, 3.05) is 31.1 Å². The van der Waals surface area contributed by atoms with Crippen LogP contribution >= 0.6 is 0 Å².